The van der Waals surface area contributed by atoms with E-state index in [-0.39, 0.29) is 30.4 Å². The molecule has 4 fully saturated rings. The van der Waals surface area contributed by atoms with Gasteiger partial charge in [0.05, 0.1) is 30.1 Å². The molecule has 0 aromatic heterocycles. The third-order valence-electron chi connectivity index (χ3n) is 10.2. The van der Waals surface area contributed by atoms with Crippen molar-refractivity contribution >= 4 is 5.91 Å². The highest BCUT2D eigenvalue weighted by atomic mass is 16.5. The first-order valence-electron chi connectivity index (χ1n) is 15.3. The fourth-order valence-corrected chi connectivity index (χ4v) is 8.17. The molecule has 1 aliphatic carbocycles. The zero-order chi connectivity index (χ0) is 26.0. The average Bonchev–Trinajstić information content (AvgIpc) is 2.93. The first-order valence-corrected chi connectivity index (χ1v) is 15.3. The van der Waals surface area contributed by atoms with Gasteiger partial charge in [0.2, 0.25) is 5.91 Å². The number of nitrogens with zero attached hydrogens (tertiary/aromatic N) is 2. The lowest BCUT2D eigenvalue weighted by Gasteiger charge is -2.57. The van der Waals surface area contributed by atoms with Crippen molar-refractivity contribution in [1.29, 1.82) is 0 Å². The van der Waals surface area contributed by atoms with Gasteiger partial charge in [-0.1, -0.05) is 61.4 Å². The molecule has 0 radical (unpaired) electrons. The number of fused-ring (bicyclic) bond motifs is 2. The number of hydrogen-bond acceptors (Lipinski definition) is 5. The topological polar surface area (TPSA) is 62.2 Å². The van der Waals surface area contributed by atoms with Gasteiger partial charge < -0.3 is 19.5 Å². The van der Waals surface area contributed by atoms with Crippen LogP contribution in [0.2, 0.25) is 0 Å². The summed E-state index contributed by atoms with van der Waals surface area (Å²) < 4.78 is 13.5. The van der Waals surface area contributed by atoms with Gasteiger partial charge in [0.1, 0.15) is 12.5 Å². The average molecular weight is 523 g/mol. The summed E-state index contributed by atoms with van der Waals surface area (Å²) in [4.78, 5) is 17.8. The molecule has 0 saturated carbocycles. The Hall–Kier alpha value is -1.73. The molecule has 4 saturated heterocycles. The van der Waals surface area contributed by atoms with Crippen molar-refractivity contribution in [1.82, 2.24) is 9.80 Å². The molecular formula is C32H46N2O4. The molecule has 38 heavy (non-hydrogen) atoms. The second kappa shape index (κ2) is 11.8. The van der Waals surface area contributed by atoms with Crippen LogP contribution in [0.5, 0.6) is 0 Å². The van der Waals surface area contributed by atoms with Crippen LogP contribution in [-0.2, 0) is 14.3 Å². The van der Waals surface area contributed by atoms with Crippen LogP contribution in [0.15, 0.2) is 48.6 Å². The number of piperidine rings is 2. The highest BCUT2D eigenvalue weighted by Gasteiger charge is 2.57. The van der Waals surface area contributed by atoms with Crippen LogP contribution in [0.4, 0.5) is 0 Å². The normalized spacial score (nSPS) is 45.0. The molecule has 5 aliphatic heterocycles. The van der Waals surface area contributed by atoms with E-state index >= 15 is 0 Å². The van der Waals surface area contributed by atoms with Crippen molar-refractivity contribution in [2.24, 2.45) is 17.3 Å². The Bertz CT molecular complexity index is 959. The number of aliphatic hydroxyl groups is 1. The Morgan fingerprint density at radius 3 is 2.63 bits per heavy atom. The number of carbonyl (C=O) groups is 1. The van der Waals surface area contributed by atoms with Crippen LogP contribution in [0.1, 0.15) is 77.0 Å². The second-order valence-corrected chi connectivity index (χ2v) is 12.4. The third-order valence-corrected chi connectivity index (χ3v) is 10.2. The lowest BCUT2D eigenvalue weighted by atomic mass is 9.61. The van der Waals surface area contributed by atoms with E-state index in [9.17, 15) is 9.90 Å². The van der Waals surface area contributed by atoms with Crippen molar-refractivity contribution in [3.8, 4) is 0 Å². The van der Waals surface area contributed by atoms with Gasteiger partial charge >= 0.3 is 0 Å². The van der Waals surface area contributed by atoms with Gasteiger partial charge in [0.15, 0.2) is 0 Å². The molecule has 0 unspecified atom stereocenters. The van der Waals surface area contributed by atoms with E-state index < -0.39 is 11.5 Å². The van der Waals surface area contributed by atoms with Gasteiger partial charge in [-0.25, -0.2) is 0 Å². The van der Waals surface area contributed by atoms with E-state index in [4.69, 9.17) is 9.47 Å². The summed E-state index contributed by atoms with van der Waals surface area (Å²) in [5.41, 5.74) is -0.488. The Morgan fingerprint density at radius 1 is 0.842 bits per heavy atom. The molecule has 6 rings (SSSR count). The summed E-state index contributed by atoms with van der Waals surface area (Å²) in [5.74, 6) is 0.994. The second-order valence-electron chi connectivity index (χ2n) is 12.4. The third kappa shape index (κ3) is 5.22. The predicted molar refractivity (Wildman–Crippen MR) is 148 cm³/mol. The molecule has 0 aromatic rings. The van der Waals surface area contributed by atoms with E-state index in [1.807, 2.05) is 11.0 Å². The van der Waals surface area contributed by atoms with E-state index in [1.165, 1.54) is 25.7 Å². The first-order chi connectivity index (χ1) is 18.6. The maximum atomic E-state index is 13.3. The van der Waals surface area contributed by atoms with Crippen LogP contribution in [0.3, 0.4) is 0 Å². The molecule has 4 bridgehead atoms. The lowest BCUT2D eigenvalue weighted by Crippen LogP contribution is -2.66. The molecular weight excluding hydrogens is 476 g/mol. The summed E-state index contributed by atoms with van der Waals surface area (Å²) >= 11 is 0. The summed E-state index contributed by atoms with van der Waals surface area (Å²) in [6, 6.07) is 0. The number of rotatable bonds is 0. The van der Waals surface area contributed by atoms with Crippen molar-refractivity contribution in [2.45, 2.75) is 108 Å². The van der Waals surface area contributed by atoms with Gasteiger partial charge in [0.25, 0.3) is 0 Å². The molecule has 8 atom stereocenters. The highest BCUT2D eigenvalue weighted by molar-refractivity contribution is 5.78. The minimum Gasteiger partial charge on any atom is -0.388 e. The molecule has 5 heterocycles. The number of amides is 1. The molecule has 208 valence electrons. The lowest BCUT2D eigenvalue weighted by molar-refractivity contribution is -0.241. The quantitative estimate of drug-likeness (QED) is 0.448. The van der Waals surface area contributed by atoms with E-state index in [2.05, 4.69) is 47.4 Å². The number of ether oxygens (including phenoxy) is 2. The fourth-order valence-electron chi connectivity index (χ4n) is 8.17. The Balaban J connectivity index is 1.25. The predicted octanol–water partition coefficient (Wildman–Crippen LogP) is 5.11. The maximum Gasteiger partial charge on any atom is 0.227 e. The summed E-state index contributed by atoms with van der Waals surface area (Å²) in [6.07, 6.45) is 28.8. The maximum absolute atomic E-state index is 13.3. The Morgan fingerprint density at radius 2 is 1.71 bits per heavy atom. The zero-order valence-corrected chi connectivity index (χ0v) is 22.8. The summed E-state index contributed by atoms with van der Waals surface area (Å²) in [7, 11) is 0. The number of hydrogen-bond donors (Lipinski definition) is 1. The van der Waals surface area contributed by atoms with Crippen LogP contribution in [-0.4, -0.2) is 71.2 Å². The van der Waals surface area contributed by atoms with Crippen LogP contribution >= 0.6 is 0 Å². The first kappa shape index (κ1) is 26.5. The van der Waals surface area contributed by atoms with Crippen molar-refractivity contribution in [3.63, 3.8) is 0 Å². The van der Waals surface area contributed by atoms with Gasteiger partial charge in [-0.05, 0) is 69.6 Å². The highest BCUT2D eigenvalue weighted by Crippen LogP contribution is 2.52. The van der Waals surface area contributed by atoms with Crippen LogP contribution in [0.25, 0.3) is 0 Å². The van der Waals surface area contributed by atoms with E-state index in [0.29, 0.717) is 18.4 Å². The minimum atomic E-state index is -0.614. The smallest absolute Gasteiger partial charge is 0.227 e. The number of allylic oxidation sites excluding steroid dienone is 6. The molecule has 0 aromatic carbocycles. The molecule has 6 nitrogen and oxygen atoms in total. The summed E-state index contributed by atoms with van der Waals surface area (Å²) in [6.45, 7) is 2.79. The molecule has 1 amide bonds. The zero-order valence-electron chi connectivity index (χ0n) is 22.8. The molecule has 1 spiro atoms. The largest absolute Gasteiger partial charge is 0.388 e. The van der Waals surface area contributed by atoms with Gasteiger partial charge in [-0.2, -0.15) is 0 Å². The van der Waals surface area contributed by atoms with E-state index in [1.54, 1.807) is 0 Å². The molecule has 1 N–H and O–H groups in total. The fraction of sp³-hybridized carbons (Fsp3) is 0.719. The number of aliphatic hydroxyl groups excluding tert-OH is 1. The van der Waals surface area contributed by atoms with Crippen molar-refractivity contribution in [2.75, 3.05) is 19.6 Å². The molecule has 6 heteroatoms. The standard InChI is InChI=1S/C32H46N2O4/c35-28-16-8-13-25-12-4-2-1-3-7-20-33-21-9-11-24-17-18-26(37-30(24)33)14-5-6-15-27-23-29(36)34-22-10-19-32(25,28)31(34)38-27/h1-4,7-8,12,16,24-28,30-31,35H,5-6,9-11,13-15,17-23H2/b2-1-,7-3-,12-4+/t24-,25-,26+,27+,28+,30+,31-,32-/m0/s1. The Labute approximate surface area is 228 Å². The SMILES string of the molecule is O=C1C[C@H]2CCCC[C@@H]3CC[C@@H]4CCCN(C\C=C/C=C\C=C\[C@H]5CC=C[C@@H](O)[C@]56CCCN1[C@H]6O2)[C@@H]4O3. The van der Waals surface area contributed by atoms with Crippen molar-refractivity contribution < 1.29 is 19.4 Å². The van der Waals surface area contributed by atoms with Gasteiger partial charge in [0, 0.05) is 19.6 Å². The summed E-state index contributed by atoms with van der Waals surface area (Å²) in [5, 5.41) is 11.4. The minimum absolute atomic E-state index is 0.0671. The van der Waals surface area contributed by atoms with Crippen LogP contribution < -0.4 is 0 Å². The van der Waals surface area contributed by atoms with Gasteiger partial charge in [-0.15, -0.1) is 0 Å². The van der Waals surface area contributed by atoms with E-state index in [0.717, 1.165) is 64.6 Å². The Kier molecular flexibility index (Phi) is 8.22. The van der Waals surface area contributed by atoms with Crippen LogP contribution in [0, 0.1) is 17.3 Å². The van der Waals surface area contributed by atoms with Gasteiger partial charge in [-0.3, -0.25) is 9.69 Å². The molecule has 6 aliphatic rings. The monoisotopic (exact) mass is 522 g/mol. The number of carbonyl (C=O) groups excluding carboxylic acids is 1. The van der Waals surface area contributed by atoms with Crippen molar-refractivity contribution in [3.05, 3.63) is 48.6 Å².